The number of hydrogen-bond acceptors (Lipinski definition) is 8. The Hall–Kier alpha value is -5.33. The van der Waals surface area contributed by atoms with Gasteiger partial charge in [0.25, 0.3) is 0 Å². The van der Waals surface area contributed by atoms with Gasteiger partial charge in [0.05, 0.1) is 11.0 Å². The maximum absolute atomic E-state index is 14.0. The number of amides is 3. The van der Waals surface area contributed by atoms with Crippen LogP contribution < -0.4 is 16.0 Å². The molecule has 13 heteroatoms. The Labute approximate surface area is 291 Å². The standard InChI is InChI=1S/C37H47N5O8/c1-35(2,3)48-32(45)39-27(18-23-20-41(33(46)49-36(4,5)6)28-16-12-10-14-25(23)28)31(44)40-30(38-22-43)19-24-21-42(34(47)50-37(7,8)9)29-17-13-11-15-26(24)29/h10-17,20-22,27,30H,18-19H2,1-9H3,(H,38,43)(H,39,45)(H,40,44)/t27-,30-/m0/s1. The summed E-state index contributed by atoms with van der Waals surface area (Å²) >= 11 is 0. The van der Waals surface area contributed by atoms with Crippen molar-refractivity contribution in [2.75, 3.05) is 0 Å². The highest BCUT2D eigenvalue weighted by Gasteiger charge is 2.30. The van der Waals surface area contributed by atoms with Crippen LogP contribution in [0.25, 0.3) is 21.8 Å². The number of aromatic nitrogens is 2. The molecule has 2 aromatic carbocycles. The average molecular weight is 690 g/mol. The lowest BCUT2D eigenvalue weighted by Crippen LogP contribution is -2.55. The van der Waals surface area contributed by atoms with Crippen LogP contribution in [0.4, 0.5) is 14.4 Å². The van der Waals surface area contributed by atoms with Crippen LogP contribution in [-0.2, 0) is 36.6 Å². The van der Waals surface area contributed by atoms with E-state index in [0.29, 0.717) is 34.0 Å². The zero-order valence-electron chi connectivity index (χ0n) is 30.1. The monoisotopic (exact) mass is 689 g/mol. The molecule has 0 saturated heterocycles. The van der Waals surface area contributed by atoms with E-state index in [1.165, 1.54) is 9.13 Å². The molecule has 3 amide bonds. The van der Waals surface area contributed by atoms with Crippen molar-refractivity contribution < 1.29 is 38.2 Å². The van der Waals surface area contributed by atoms with E-state index >= 15 is 0 Å². The number of nitrogens with one attached hydrogen (secondary N) is 3. The number of nitrogens with zero attached hydrogens (tertiary/aromatic N) is 2. The second-order valence-corrected chi connectivity index (χ2v) is 15.0. The van der Waals surface area contributed by atoms with E-state index < -0.39 is 53.2 Å². The molecular formula is C37H47N5O8. The summed E-state index contributed by atoms with van der Waals surface area (Å²) in [6.07, 6.45) is 0.790. The Balaban J connectivity index is 1.66. The summed E-state index contributed by atoms with van der Waals surface area (Å²) in [4.78, 5) is 65.0. The van der Waals surface area contributed by atoms with Crippen LogP contribution in [0.2, 0.25) is 0 Å². The summed E-state index contributed by atoms with van der Waals surface area (Å²) in [5.74, 6) is -0.625. The van der Waals surface area contributed by atoms with Crippen LogP contribution in [0.5, 0.6) is 0 Å². The van der Waals surface area contributed by atoms with Crippen molar-refractivity contribution in [3.63, 3.8) is 0 Å². The average Bonchev–Trinajstić information content (AvgIpc) is 3.53. The molecule has 2 heterocycles. The highest BCUT2D eigenvalue weighted by molar-refractivity contribution is 5.94. The van der Waals surface area contributed by atoms with Gasteiger partial charge in [-0.25, -0.2) is 14.4 Å². The van der Waals surface area contributed by atoms with Gasteiger partial charge in [-0.2, -0.15) is 0 Å². The third-order valence-corrected chi connectivity index (χ3v) is 7.21. The van der Waals surface area contributed by atoms with Gasteiger partial charge in [0.1, 0.15) is 29.0 Å². The van der Waals surface area contributed by atoms with Gasteiger partial charge in [-0.1, -0.05) is 36.4 Å². The smallest absolute Gasteiger partial charge is 0.419 e. The second-order valence-electron chi connectivity index (χ2n) is 15.0. The fourth-order valence-electron chi connectivity index (χ4n) is 5.35. The molecule has 0 fully saturated rings. The third kappa shape index (κ3) is 9.86. The Morgan fingerprint density at radius 3 is 1.54 bits per heavy atom. The molecule has 0 bridgehead atoms. The Kier molecular flexibility index (Phi) is 11.0. The number of alkyl carbamates (subject to hydrolysis) is 1. The summed E-state index contributed by atoms with van der Waals surface area (Å²) in [6.45, 7) is 15.7. The predicted molar refractivity (Wildman–Crippen MR) is 189 cm³/mol. The first-order valence-electron chi connectivity index (χ1n) is 16.4. The van der Waals surface area contributed by atoms with Crippen LogP contribution in [0, 0.1) is 0 Å². The van der Waals surface area contributed by atoms with E-state index in [0.717, 1.165) is 5.39 Å². The lowest BCUT2D eigenvalue weighted by Gasteiger charge is -2.25. The van der Waals surface area contributed by atoms with E-state index in [4.69, 9.17) is 14.2 Å². The Morgan fingerprint density at radius 1 is 0.660 bits per heavy atom. The lowest BCUT2D eigenvalue weighted by molar-refractivity contribution is -0.124. The van der Waals surface area contributed by atoms with Crippen molar-refractivity contribution >= 4 is 52.4 Å². The number of ether oxygens (including phenoxy) is 3. The van der Waals surface area contributed by atoms with Crippen molar-refractivity contribution in [3.8, 4) is 0 Å². The van der Waals surface area contributed by atoms with Gasteiger partial charge in [-0.15, -0.1) is 0 Å². The van der Waals surface area contributed by atoms with Crippen molar-refractivity contribution in [2.45, 2.75) is 104 Å². The molecule has 3 N–H and O–H groups in total. The van der Waals surface area contributed by atoms with Crippen LogP contribution in [0.1, 0.15) is 73.4 Å². The molecule has 4 rings (SSSR count). The summed E-state index contributed by atoms with van der Waals surface area (Å²) in [5.41, 5.74) is 0.0818. The van der Waals surface area contributed by atoms with Gasteiger partial charge < -0.3 is 30.2 Å². The molecular weight excluding hydrogens is 642 g/mol. The summed E-state index contributed by atoms with van der Waals surface area (Å²) in [6, 6.07) is 13.2. The van der Waals surface area contributed by atoms with E-state index in [2.05, 4.69) is 16.0 Å². The zero-order chi connectivity index (χ0) is 37.0. The highest BCUT2D eigenvalue weighted by atomic mass is 16.6. The topological polar surface area (TPSA) is 159 Å². The van der Waals surface area contributed by atoms with Gasteiger partial charge >= 0.3 is 18.3 Å². The molecule has 0 aliphatic rings. The van der Waals surface area contributed by atoms with Crippen LogP contribution in [0.3, 0.4) is 0 Å². The number of para-hydroxylation sites is 2. The predicted octanol–water partition coefficient (Wildman–Crippen LogP) is 6.03. The van der Waals surface area contributed by atoms with Crippen LogP contribution >= 0.6 is 0 Å². The van der Waals surface area contributed by atoms with Gasteiger partial charge in [-0.05, 0) is 85.6 Å². The minimum absolute atomic E-state index is 0.0346. The Morgan fingerprint density at radius 2 is 1.10 bits per heavy atom. The molecule has 50 heavy (non-hydrogen) atoms. The Bertz CT molecular complexity index is 1890. The first-order valence-corrected chi connectivity index (χ1v) is 16.4. The SMILES string of the molecule is CC(C)(C)OC(=O)N[C@@H](Cc1cn(C(=O)OC(C)(C)C)c2ccccc12)C(=O)N[C@@H](Cc1cn(C(=O)OC(C)(C)C)c2ccccc12)NC=O. The molecule has 0 aliphatic carbocycles. The van der Waals surface area contributed by atoms with E-state index in [-0.39, 0.29) is 12.8 Å². The van der Waals surface area contributed by atoms with Gasteiger partial charge in [-0.3, -0.25) is 18.7 Å². The minimum Gasteiger partial charge on any atom is -0.444 e. The number of hydrogen-bond donors (Lipinski definition) is 3. The fourth-order valence-corrected chi connectivity index (χ4v) is 5.35. The van der Waals surface area contributed by atoms with Crippen molar-refractivity contribution in [1.82, 2.24) is 25.1 Å². The van der Waals surface area contributed by atoms with E-state index in [1.54, 1.807) is 105 Å². The zero-order valence-corrected chi connectivity index (χ0v) is 30.1. The minimum atomic E-state index is -1.19. The number of carbonyl (C=O) groups excluding carboxylic acids is 5. The summed E-state index contributed by atoms with van der Waals surface area (Å²) in [7, 11) is 0. The van der Waals surface area contributed by atoms with Crippen LogP contribution in [-0.4, -0.2) is 68.7 Å². The maximum atomic E-state index is 14.0. The third-order valence-electron chi connectivity index (χ3n) is 7.21. The van der Waals surface area contributed by atoms with Gasteiger partial charge in [0, 0.05) is 36.0 Å². The van der Waals surface area contributed by atoms with E-state index in [9.17, 15) is 24.0 Å². The molecule has 2 aromatic heterocycles. The highest BCUT2D eigenvalue weighted by Crippen LogP contribution is 2.26. The quantitative estimate of drug-likeness (QED) is 0.109. The number of carbonyl (C=O) groups is 5. The number of fused-ring (bicyclic) bond motifs is 2. The first kappa shape index (κ1) is 37.5. The van der Waals surface area contributed by atoms with Crippen molar-refractivity contribution in [3.05, 3.63) is 72.1 Å². The maximum Gasteiger partial charge on any atom is 0.419 e. The largest absolute Gasteiger partial charge is 0.444 e. The molecule has 0 spiro atoms. The summed E-state index contributed by atoms with van der Waals surface area (Å²) < 4.78 is 19.4. The number of benzene rings is 2. The van der Waals surface area contributed by atoms with Crippen LogP contribution in [0.15, 0.2) is 60.9 Å². The fraction of sp³-hybridized carbons (Fsp3) is 0.432. The molecule has 0 unspecified atom stereocenters. The second kappa shape index (κ2) is 14.7. The van der Waals surface area contributed by atoms with Gasteiger partial charge in [0.15, 0.2) is 0 Å². The molecule has 13 nitrogen and oxygen atoms in total. The van der Waals surface area contributed by atoms with Crippen molar-refractivity contribution in [2.24, 2.45) is 0 Å². The first-order chi connectivity index (χ1) is 23.2. The normalized spacial score (nSPS) is 13.3. The van der Waals surface area contributed by atoms with E-state index in [1.807, 2.05) is 18.2 Å². The molecule has 0 saturated carbocycles. The molecule has 0 aliphatic heterocycles. The van der Waals surface area contributed by atoms with Crippen molar-refractivity contribution in [1.29, 1.82) is 0 Å². The molecule has 0 radical (unpaired) electrons. The summed E-state index contributed by atoms with van der Waals surface area (Å²) in [5, 5.41) is 9.54. The molecule has 4 aromatic rings. The molecule has 268 valence electrons. The molecule has 2 atom stereocenters. The lowest BCUT2D eigenvalue weighted by atomic mass is 10.0. The van der Waals surface area contributed by atoms with Gasteiger partial charge in [0.2, 0.25) is 12.3 Å². The number of rotatable bonds is 9.